The molecule has 0 bridgehead atoms. The summed E-state index contributed by atoms with van der Waals surface area (Å²) in [7, 11) is 3.17. The minimum Gasteiger partial charge on any atom is -0.493 e. The first-order chi connectivity index (χ1) is 13.1. The van der Waals surface area contributed by atoms with E-state index in [1.165, 1.54) is 0 Å². The molecule has 0 spiro atoms. The zero-order valence-corrected chi connectivity index (χ0v) is 15.9. The Hall–Kier alpha value is -2.99. The Bertz CT molecular complexity index is 922. The topological polar surface area (TPSA) is 65.4 Å². The summed E-state index contributed by atoms with van der Waals surface area (Å²) < 4.78 is 12.2. The molecule has 2 aromatic carbocycles. The monoisotopic (exact) mass is 385 g/mol. The van der Waals surface area contributed by atoms with Gasteiger partial charge in [-0.1, -0.05) is 29.8 Å². The van der Waals surface area contributed by atoms with Gasteiger partial charge >= 0.3 is 0 Å². The van der Waals surface area contributed by atoms with Gasteiger partial charge in [0.25, 0.3) is 5.91 Å². The second kappa shape index (κ2) is 8.60. The SMILES string of the molecule is COc1ccc(CNC(=O)c2ccc(Cn3cc(Cl)cn3)cc2)cc1OC. The maximum absolute atomic E-state index is 12.4. The zero-order chi connectivity index (χ0) is 19.2. The number of ether oxygens (including phenoxy) is 2. The number of benzene rings is 2. The third kappa shape index (κ3) is 4.80. The summed E-state index contributed by atoms with van der Waals surface area (Å²) in [6.07, 6.45) is 3.35. The van der Waals surface area contributed by atoms with Gasteiger partial charge < -0.3 is 14.8 Å². The summed E-state index contributed by atoms with van der Waals surface area (Å²) in [4.78, 5) is 12.4. The lowest BCUT2D eigenvalue weighted by molar-refractivity contribution is 0.0951. The highest BCUT2D eigenvalue weighted by Crippen LogP contribution is 2.27. The first-order valence-electron chi connectivity index (χ1n) is 8.35. The predicted molar refractivity (Wildman–Crippen MR) is 103 cm³/mol. The smallest absolute Gasteiger partial charge is 0.251 e. The molecule has 0 saturated heterocycles. The van der Waals surface area contributed by atoms with Crippen LogP contribution in [0.1, 0.15) is 21.5 Å². The van der Waals surface area contributed by atoms with Crippen LogP contribution in [-0.2, 0) is 13.1 Å². The number of amides is 1. The molecule has 1 heterocycles. The Morgan fingerprint density at radius 3 is 2.41 bits per heavy atom. The summed E-state index contributed by atoms with van der Waals surface area (Å²) in [6.45, 7) is 0.993. The van der Waals surface area contributed by atoms with E-state index in [4.69, 9.17) is 21.1 Å². The Kier molecular flexibility index (Phi) is 5.98. The molecule has 0 saturated carbocycles. The quantitative estimate of drug-likeness (QED) is 0.675. The van der Waals surface area contributed by atoms with E-state index >= 15 is 0 Å². The van der Waals surface area contributed by atoms with Crippen molar-refractivity contribution in [1.82, 2.24) is 15.1 Å². The number of rotatable bonds is 7. The maximum atomic E-state index is 12.4. The average Bonchev–Trinajstić information content (AvgIpc) is 3.11. The fourth-order valence-corrected chi connectivity index (χ4v) is 2.80. The first kappa shape index (κ1) is 18.8. The van der Waals surface area contributed by atoms with Crippen LogP contribution in [0.5, 0.6) is 11.5 Å². The van der Waals surface area contributed by atoms with E-state index in [1.807, 2.05) is 30.3 Å². The van der Waals surface area contributed by atoms with Gasteiger partial charge in [-0.2, -0.15) is 5.10 Å². The number of nitrogens with zero attached hydrogens (tertiary/aromatic N) is 2. The molecule has 1 aromatic heterocycles. The van der Waals surface area contributed by atoms with Gasteiger partial charge in [-0.3, -0.25) is 9.48 Å². The molecule has 0 aliphatic heterocycles. The van der Waals surface area contributed by atoms with Crippen LogP contribution in [0.3, 0.4) is 0 Å². The van der Waals surface area contributed by atoms with E-state index in [0.717, 1.165) is 11.1 Å². The van der Waals surface area contributed by atoms with Gasteiger partial charge in [-0.25, -0.2) is 0 Å². The molecule has 1 amide bonds. The third-order valence-corrected chi connectivity index (χ3v) is 4.26. The van der Waals surface area contributed by atoms with Crippen LogP contribution in [0.25, 0.3) is 0 Å². The molecule has 0 atom stereocenters. The normalized spacial score (nSPS) is 10.5. The number of nitrogens with one attached hydrogen (secondary N) is 1. The highest BCUT2D eigenvalue weighted by Gasteiger charge is 2.08. The van der Waals surface area contributed by atoms with Crippen molar-refractivity contribution in [3.8, 4) is 11.5 Å². The van der Waals surface area contributed by atoms with Gasteiger partial charge in [-0.05, 0) is 35.4 Å². The average molecular weight is 386 g/mol. The van der Waals surface area contributed by atoms with E-state index in [0.29, 0.717) is 35.2 Å². The highest BCUT2D eigenvalue weighted by atomic mass is 35.5. The van der Waals surface area contributed by atoms with Gasteiger partial charge in [0.15, 0.2) is 11.5 Å². The number of methoxy groups -OCH3 is 2. The van der Waals surface area contributed by atoms with Crippen LogP contribution in [0, 0.1) is 0 Å². The lowest BCUT2D eigenvalue weighted by atomic mass is 10.1. The fraction of sp³-hybridized carbons (Fsp3) is 0.200. The molecule has 6 nitrogen and oxygen atoms in total. The van der Waals surface area contributed by atoms with E-state index in [1.54, 1.807) is 43.4 Å². The summed E-state index contributed by atoms with van der Waals surface area (Å²) in [5.41, 5.74) is 2.55. The van der Waals surface area contributed by atoms with Crippen LogP contribution in [0.2, 0.25) is 5.02 Å². The summed E-state index contributed by atoms with van der Waals surface area (Å²) in [5, 5.41) is 7.65. The molecule has 1 N–H and O–H groups in total. The molecule has 3 aromatic rings. The highest BCUT2D eigenvalue weighted by molar-refractivity contribution is 6.30. The maximum Gasteiger partial charge on any atom is 0.251 e. The van der Waals surface area contributed by atoms with Crippen molar-refractivity contribution >= 4 is 17.5 Å². The van der Waals surface area contributed by atoms with Crippen molar-refractivity contribution < 1.29 is 14.3 Å². The lowest BCUT2D eigenvalue weighted by Gasteiger charge is -2.10. The van der Waals surface area contributed by atoms with Gasteiger partial charge in [0.2, 0.25) is 0 Å². The molecular formula is C20H20ClN3O3. The summed E-state index contributed by atoms with van der Waals surface area (Å²) in [5.74, 6) is 1.15. The fourth-order valence-electron chi connectivity index (χ4n) is 2.65. The number of hydrogen-bond donors (Lipinski definition) is 1. The molecule has 0 fully saturated rings. The van der Waals surface area contributed by atoms with Gasteiger partial charge in [0.1, 0.15) is 0 Å². The molecule has 0 aliphatic carbocycles. The number of carbonyl (C=O) groups is 1. The number of hydrogen-bond acceptors (Lipinski definition) is 4. The zero-order valence-electron chi connectivity index (χ0n) is 15.1. The van der Waals surface area contributed by atoms with E-state index < -0.39 is 0 Å². The minimum absolute atomic E-state index is 0.140. The van der Waals surface area contributed by atoms with Crippen LogP contribution in [-0.4, -0.2) is 29.9 Å². The molecule has 27 heavy (non-hydrogen) atoms. The van der Waals surface area contributed by atoms with Gasteiger partial charge in [-0.15, -0.1) is 0 Å². The molecular weight excluding hydrogens is 366 g/mol. The van der Waals surface area contributed by atoms with E-state index in [9.17, 15) is 4.79 Å². The third-order valence-electron chi connectivity index (χ3n) is 4.06. The molecule has 0 unspecified atom stereocenters. The van der Waals surface area contributed by atoms with Crippen LogP contribution < -0.4 is 14.8 Å². The van der Waals surface area contributed by atoms with Crippen molar-refractivity contribution in [3.63, 3.8) is 0 Å². The number of aromatic nitrogens is 2. The Morgan fingerprint density at radius 2 is 1.78 bits per heavy atom. The van der Waals surface area contributed by atoms with Gasteiger partial charge in [0, 0.05) is 18.3 Å². The summed E-state index contributed by atoms with van der Waals surface area (Å²) >= 11 is 5.86. The number of halogens is 1. The van der Waals surface area contributed by atoms with Crippen LogP contribution >= 0.6 is 11.6 Å². The predicted octanol–water partition coefficient (Wildman–Crippen LogP) is 3.53. The molecule has 0 radical (unpaired) electrons. The second-order valence-electron chi connectivity index (χ2n) is 5.93. The number of carbonyl (C=O) groups excluding carboxylic acids is 1. The Balaban J connectivity index is 1.59. The van der Waals surface area contributed by atoms with Crippen molar-refractivity contribution in [1.29, 1.82) is 0 Å². The standard InChI is InChI=1S/C20H20ClN3O3/c1-26-18-8-5-15(9-19(18)27-2)10-22-20(25)16-6-3-14(4-7-16)12-24-13-17(21)11-23-24/h3-9,11,13H,10,12H2,1-2H3,(H,22,25). The molecule has 3 rings (SSSR count). The second-order valence-corrected chi connectivity index (χ2v) is 6.36. The largest absolute Gasteiger partial charge is 0.493 e. The van der Waals surface area contributed by atoms with Crippen molar-refractivity contribution in [3.05, 3.63) is 76.6 Å². The van der Waals surface area contributed by atoms with Crippen LogP contribution in [0.15, 0.2) is 54.9 Å². The van der Waals surface area contributed by atoms with Crippen molar-refractivity contribution in [2.75, 3.05) is 14.2 Å². The Morgan fingerprint density at radius 1 is 1.07 bits per heavy atom. The molecule has 7 heteroatoms. The summed E-state index contributed by atoms with van der Waals surface area (Å²) in [6, 6.07) is 12.9. The van der Waals surface area contributed by atoms with E-state index in [-0.39, 0.29) is 5.91 Å². The minimum atomic E-state index is -0.140. The lowest BCUT2D eigenvalue weighted by Crippen LogP contribution is -2.22. The Labute approximate surface area is 162 Å². The van der Waals surface area contributed by atoms with Crippen LogP contribution in [0.4, 0.5) is 0 Å². The first-order valence-corrected chi connectivity index (χ1v) is 8.73. The van der Waals surface area contributed by atoms with Crippen molar-refractivity contribution in [2.45, 2.75) is 13.1 Å². The van der Waals surface area contributed by atoms with E-state index in [2.05, 4.69) is 10.4 Å². The molecule has 0 aliphatic rings. The molecule has 140 valence electrons. The van der Waals surface area contributed by atoms with Gasteiger partial charge in [0.05, 0.1) is 32.0 Å². The van der Waals surface area contributed by atoms with Crippen molar-refractivity contribution in [2.24, 2.45) is 0 Å².